The Balaban J connectivity index is 2.22. The molecule has 0 aliphatic heterocycles. The Morgan fingerprint density at radius 1 is 0.667 bits per heavy atom. The van der Waals surface area contributed by atoms with Crippen LogP contribution in [0.15, 0.2) is 54.6 Å². The van der Waals surface area contributed by atoms with E-state index in [4.69, 9.17) is 0 Å². The molecule has 0 saturated heterocycles. The Morgan fingerprint density at radius 2 is 1.14 bits per heavy atom. The van der Waals surface area contributed by atoms with Crippen LogP contribution in [0.4, 0.5) is 0 Å². The van der Waals surface area contributed by atoms with E-state index in [1.807, 2.05) is 30.3 Å². The van der Waals surface area contributed by atoms with Gasteiger partial charge in [0.15, 0.2) is 0 Å². The molecule has 2 aromatic carbocycles. The van der Waals surface area contributed by atoms with Gasteiger partial charge < -0.3 is 0 Å². The minimum atomic E-state index is -1.80. The molecule has 21 heavy (non-hydrogen) atoms. The summed E-state index contributed by atoms with van der Waals surface area (Å²) < 4.78 is 1.63. The summed E-state index contributed by atoms with van der Waals surface area (Å²) in [5.41, 5.74) is 2.19. The number of rotatable bonds is 4. The molecule has 0 N–H and O–H groups in total. The van der Waals surface area contributed by atoms with Crippen LogP contribution in [0.5, 0.6) is 0 Å². The molecule has 0 bridgehead atoms. The van der Waals surface area contributed by atoms with Crippen LogP contribution in [0.1, 0.15) is 31.9 Å². The van der Waals surface area contributed by atoms with Gasteiger partial charge in [-0.25, -0.2) is 0 Å². The van der Waals surface area contributed by atoms with Crippen molar-refractivity contribution in [2.45, 2.75) is 36.5 Å². The van der Waals surface area contributed by atoms with Gasteiger partial charge in [-0.05, 0) is 0 Å². The van der Waals surface area contributed by atoms with Crippen LogP contribution in [0.2, 0.25) is 15.8 Å². The Bertz CT molecular complexity index is 602. The second kappa shape index (κ2) is 7.52. The van der Waals surface area contributed by atoms with Crippen LogP contribution in [0.3, 0.4) is 0 Å². The van der Waals surface area contributed by atoms with E-state index in [0.717, 1.165) is 11.1 Å². The molecule has 0 heterocycles. The Hall–Kier alpha value is -1.46. The van der Waals surface area contributed by atoms with Crippen molar-refractivity contribution in [2.24, 2.45) is 0 Å². The molecule has 0 unspecified atom stereocenters. The number of hydrogen-bond acceptors (Lipinski definition) is 0. The van der Waals surface area contributed by atoms with E-state index in [-0.39, 0.29) is 0 Å². The fraction of sp³-hybridized carbons (Fsp3) is 0.300. The molecule has 0 atom stereocenters. The summed E-state index contributed by atoms with van der Waals surface area (Å²) in [6, 6.07) is 19.2. The fourth-order valence-corrected chi connectivity index (χ4v) is 10.5. The molecule has 0 spiro atoms. The van der Waals surface area contributed by atoms with Gasteiger partial charge in [0.05, 0.1) is 0 Å². The van der Waals surface area contributed by atoms with E-state index < -0.39 is 13.3 Å². The molecule has 2 aromatic rings. The fourth-order valence-electron chi connectivity index (χ4n) is 2.94. The van der Waals surface area contributed by atoms with Gasteiger partial charge in [0.1, 0.15) is 0 Å². The van der Waals surface area contributed by atoms with Gasteiger partial charge in [-0.2, -0.15) is 0 Å². The molecule has 0 saturated carbocycles. The zero-order valence-electron chi connectivity index (χ0n) is 13.3. The first-order valence-electron chi connectivity index (χ1n) is 7.91. The average molecular weight is 337 g/mol. The molecule has 0 nitrogen and oxygen atoms in total. The Kier molecular flexibility index (Phi) is 5.70. The Morgan fingerprint density at radius 3 is 1.62 bits per heavy atom. The molecule has 0 amide bonds. The maximum absolute atomic E-state index is 3.26. The molecule has 0 radical (unpaired) electrons. The first-order chi connectivity index (χ1) is 10.2. The van der Waals surface area contributed by atoms with E-state index >= 15 is 0 Å². The van der Waals surface area contributed by atoms with Gasteiger partial charge in [0.25, 0.3) is 0 Å². The van der Waals surface area contributed by atoms with Gasteiger partial charge in [-0.1, -0.05) is 0 Å². The van der Waals surface area contributed by atoms with Crippen LogP contribution in [0, 0.1) is 11.8 Å². The van der Waals surface area contributed by atoms with Gasteiger partial charge in [-0.15, -0.1) is 0 Å². The second-order valence-electron chi connectivity index (χ2n) is 5.53. The summed E-state index contributed by atoms with van der Waals surface area (Å²) in [4.78, 5) is 0. The van der Waals surface area contributed by atoms with Crippen molar-refractivity contribution in [1.82, 2.24) is 0 Å². The van der Waals surface area contributed by atoms with Gasteiger partial charge >= 0.3 is 132 Å². The summed E-state index contributed by atoms with van der Waals surface area (Å²) in [5.74, 6) is 6.49. The van der Waals surface area contributed by atoms with Crippen molar-refractivity contribution in [2.75, 3.05) is 0 Å². The zero-order valence-corrected chi connectivity index (χ0v) is 15.4. The van der Waals surface area contributed by atoms with Crippen molar-refractivity contribution >= 4 is 17.7 Å². The predicted molar refractivity (Wildman–Crippen MR) is 95.7 cm³/mol. The van der Waals surface area contributed by atoms with Crippen LogP contribution in [-0.4, -0.2) is 13.3 Å². The van der Waals surface area contributed by atoms with Crippen molar-refractivity contribution in [3.05, 3.63) is 65.7 Å². The maximum atomic E-state index is 3.26. The summed E-state index contributed by atoms with van der Waals surface area (Å²) in [6.07, 6.45) is 0. The monoisotopic (exact) mass is 338 g/mol. The van der Waals surface area contributed by atoms with Crippen LogP contribution in [-0.2, 0) is 0 Å². The molecular weight excluding hydrogens is 313 g/mol. The molecule has 0 fully saturated rings. The molecule has 1 heteroatoms. The standard InChI is InChI=1S/C20H24Ge/c1-4-21(5-2,6-3)20-16-14-19(15-17-20)13-12-18-10-8-7-9-11-18/h7-11,14-17H,4-6H2,1-3H3. The SMILES string of the molecule is C[CH2][Ge]([CH2]C)([CH2]C)[c]1ccc(C#Cc2ccccc2)cc1. The van der Waals surface area contributed by atoms with E-state index in [2.05, 4.69) is 56.9 Å². The summed E-state index contributed by atoms with van der Waals surface area (Å²) in [7, 11) is 0. The van der Waals surface area contributed by atoms with E-state index in [0.29, 0.717) is 0 Å². The van der Waals surface area contributed by atoms with Crippen molar-refractivity contribution in [1.29, 1.82) is 0 Å². The van der Waals surface area contributed by atoms with Gasteiger partial charge in [-0.3, -0.25) is 0 Å². The molecule has 0 aromatic heterocycles. The average Bonchev–Trinajstić information content (AvgIpc) is 2.57. The van der Waals surface area contributed by atoms with E-state index in [9.17, 15) is 0 Å². The van der Waals surface area contributed by atoms with Crippen LogP contribution < -0.4 is 4.40 Å². The van der Waals surface area contributed by atoms with Crippen molar-refractivity contribution in [3.63, 3.8) is 0 Å². The second-order valence-corrected chi connectivity index (χ2v) is 16.6. The summed E-state index contributed by atoms with van der Waals surface area (Å²) >= 11 is -1.80. The van der Waals surface area contributed by atoms with Crippen molar-refractivity contribution in [3.8, 4) is 11.8 Å². The van der Waals surface area contributed by atoms with Crippen molar-refractivity contribution < 1.29 is 0 Å². The van der Waals surface area contributed by atoms with E-state index in [1.54, 1.807) is 4.40 Å². The van der Waals surface area contributed by atoms with Crippen LogP contribution >= 0.6 is 0 Å². The predicted octanol–water partition coefficient (Wildman–Crippen LogP) is 4.80. The Labute approximate surface area is 132 Å². The topological polar surface area (TPSA) is 0 Å². The van der Waals surface area contributed by atoms with Crippen LogP contribution in [0.25, 0.3) is 0 Å². The molecule has 0 aliphatic rings. The molecule has 108 valence electrons. The molecular formula is C20H24Ge. The minimum absolute atomic E-state index is 1.07. The van der Waals surface area contributed by atoms with Gasteiger partial charge in [0, 0.05) is 0 Å². The zero-order chi connectivity index (χ0) is 15.1. The first kappa shape index (κ1) is 15.9. The molecule has 2 rings (SSSR count). The third kappa shape index (κ3) is 3.80. The summed E-state index contributed by atoms with van der Waals surface area (Å²) in [6.45, 7) is 7.11. The summed E-state index contributed by atoms with van der Waals surface area (Å²) in [5, 5.41) is 4.13. The quantitative estimate of drug-likeness (QED) is 0.555. The third-order valence-electron chi connectivity index (χ3n) is 4.65. The number of hydrogen-bond donors (Lipinski definition) is 0. The number of benzene rings is 2. The van der Waals surface area contributed by atoms with E-state index in [1.165, 1.54) is 15.8 Å². The first-order valence-corrected chi connectivity index (χ1v) is 13.4. The normalized spacial score (nSPS) is 10.8. The molecule has 0 aliphatic carbocycles. The third-order valence-corrected chi connectivity index (χ3v) is 16.4. The van der Waals surface area contributed by atoms with Gasteiger partial charge in [0.2, 0.25) is 0 Å².